The first-order valence-electron chi connectivity index (χ1n) is 12.8. The molecule has 0 N–H and O–H groups in total. The van der Waals surface area contributed by atoms with Crippen molar-refractivity contribution in [3.63, 3.8) is 0 Å². The SMILES string of the molecule is COc1cc(C=Nn2c(C3CCCCC3)nc3ccc(Br)cc3c2=O)cc([N+](=O)[O-])c1OCc1ccccc1F. The van der Waals surface area contributed by atoms with Gasteiger partial charge in [0.25, 0.3) is 5.56 Å². The van der Waals surface area contributed by atoms with E-state index in [1.54, 1.807) is 24.3 Å². The van der Waals surface area contributed by atoms with Crippen LogP contribution in [0.2, 0.25) is 0 Å². The van der Waals surface area contributed by atoms with Crippen LogP contribution in [0.3, 0.4) is 0 Å². The molecule has 1 aliphatic carbocycles. The smallest absolute Gasteiger partial charge is 0.315 e. The van der Waals surface area contributed by atoms with Crippen molar-refractivity contribution in [2.24, 2.45) is 5.10 Å². The Hall–Kier alpha value is -4.12. The van der Waals surface area contributed by atoms with Gasteiger partial charge in [-0.15, -0.1) is 0 Å². The van der Waals surface area contributed by atoms with Gasteiger partial charge in [-0.3, -0.25) is 14.9 Å². The summed E-state index contributed by atoms with van der Waals surface area (Å²) >= 11 is 3.41. The number of rotatable bonds is 8. The monoisotopic (exact) mass is 608 g/mol. The first kappa shape index (κ1) is 27.4. The van der Waals surface area contributed by atoms with Gasteiger partial charge in [-0.25, -0.2) is 9.37 Å². The predicted octanol–water partition coefficient (Wildman–Crippen LogP) is 6.72. The summed E-state index contributed by atoms with van der Waals surface area (Å²) in [7, 11) is 1.35. The first-order chi connectivity index (χ1) is 19.4. The Morgan fingerprint density at radius 2 is 1.95 bits per heavy atom. The summed E-state index contributed by atoms with van der Waals surface area (Å²) in [6.07, 6.45) is 6.39. The van der Waals surface area contributed by atoms with Crippen molar-refractivity contribution < 1.29 is 18.8 Å². The lowest BCUT2D eigenvalue weighted by Crippen LogP contribution is -2.25. The Labute approximate surface area is 237 Å². The van der Waals surface area contributed by atoms with Gasteiger partial charge >= 0.3 is 5.69 Å². The van der Waals surface area contributed by atoms with Gasteiger partial charge in [0.2, 0.25) is 5.75 Å². The summed E-state index contributed by atoms with van der Waals surface area (Å²) < 4.78 is 27.2. The molecular weight excluding hydrogens is 583 g/mol. The lowest BCUT2D eigenvalue weighted by atomic mass is 9.88. The highest BCUT2D eigenvalue weighted by Gasteiger charge is 2.24. The van der Waals surface area contributed by atoms with Gasteiger partial charge in [-0.1, -0.05) is 53.4 Å². The summed E-state index contributed by atoms with van der Waals surface area (Å²) in [6.45, 7) is -0.226. The molecule has 0 unspecified atom stereocenters. The molecule has 0 atom stereocenters. The maximum Gasteiger partial charge on any atom is 0.315 e. The number of aromatic nitrogens is 2. The summed E-state index contributed by atoms with van der Waals surface area (Å²) in [5.41, 5.74) is 0.452. The van der Waals surface area contributed by atoms with E-state index < -0.39 is 10.7 Å². The Kier molecular flexibility index (Phi) is 8.20. The van der Waals surface area contributed by atoms with Crippen molar-refractivity contribution in [1.29, 1.82) is 0 Å². The maximum absolute atomic E-state index is 14.1. The Bertz CT molecular complexity index is 1670. The van der Waals surface area contributed by atoms with E-state index in [0.29, 0.717) is 22.3 Å². The molecular formula is C29H26BrFN4O5. The van der Waals surface area contributed by atoms with Gasteiger partial charge in [-0.05, 0) is 43.2 Å². The third kappa shape index (κ3) is 5.74. The van der Waals surface area contributed by atoms with Crippen molar-refractivity contribution in [2.75, 3.05) is 7.11 Å². The molecule has 5 rings (SSSR count). The van der Waals surface area contributed by atoms with Crippen LogP contribution < -0.4 is 15.0 Å². The average Bonchev–Trinajstić information content (AvgIpc) is 2.96. The molecule has 3 aromatic carbocycles. The fourth-order valence-corrected chi connectivity index (χ4v) is 5.27. The third-order valence-electron chi connectivity index (χ3n) is 6.93. The molecule has 40 heavy (non-hydrogen) atoms. The molecule has 4 aromatic rings. The fourth-order valence-electron chi connectivity index (χ4n) is 4.91. The second kappa shape index (κ2) is 12.0. The third-order valence-corrected chi connectivity index (χ3v) is 7.42. The van der Waals surface area contributed by atoms with Crippen LogP contribution in [0.4, 0.5) is 10.1 Å². The van der Waals surface area contributed by atoms with Gasteiger partial charge in [0.1, 0.15) is 18.2 Å². The Morgan fingerprint density at radius 3 is 2.67 bits per heavy atom. The van der Waals surface area contributed by atoms with E-state index in [-0.39, 0.29) is 40.8 Å². The molecule has 0 saturated heterocycles. The molecule has 0 amide bonds. The predicted molar refractivity (Wildman–Crippen MR) is 153 cm³/mol. The largest absolute Gasteiger partial charge is 0.493 e. The molecule has 1 saturated carbocycles. The zero-order valence-electron chi connectivity index (χ0n) is 21.7. The minimum absolute atomic E-state index is 0.0738. The first-order valence-corrected chi connectivity index (χ1v) is 13.6. The van der Waals surface area contributed by atoms with Crippen molar-refractivity contribution in [2.45, 2.75) is 44.6 Å². The number of methoxy groups -OCH3 is 1. The van der Waals surface area contributed by atoms with E-state index in [9.17, 15) is 19.3 Å². The molecule has 11 heteroatoms. The average molecular weight is 609 g/mol. The fraction of sp³-hybridized carbons (Fsp3) is 0.276. The van der Waals surface area contributed by atoms with Crippen LogP contribution in [-0.2, 0) is 6.61 Å². The molecule has 0 bridgehead atoms. The van der Waals surface area contributed by atoms with Crippen LogP contribution >= 0.6 is 15.9 Å². The highest BCUT2D eigenvalue weighted by Crippen LogP contribution is 2.39. The van der Waals surface area contributed by atoms with E-state index in [1.807, 2.05) is 6.07 Å². The molecule has 1 aliphatic rings. The van der Waals surface area contributed by atoms with Gasteiger partial charge in [0.15, 0.2) is 5.75 Å². The number of nitro benzene ring substituents is 1. The lowest BCUT2D eigenvalue weighted by molar-refractivity contribution is -0.386. The Balaban J connectivity index is 1.56. The number of hydrogen-bond donors (Lipinski definition) is 0. The molecule has 0 spiro atoms. The van der Waals surface area contributed by atoms with Crippen molar-refractivity contribution in [3.05, 3.63) is 102 Å². The number of hydrogen-bond acceptors (Lipinski definition) is 7. The normalized spacial score (nSPS) is 14.1. The van der Waals surface area contributed by atoms with Crippen molar-refractivity contribution in [3.8, 4) is 11.5 Å². The minimum Gasteiger partial charge on any atom is -0.493 e. The standard InChI is InChI=1S/C29H26BrFN4O5/c1-39-26-14-18(13-25(35(37)38)27(26)40-17-20-9-5-6-10-23(20)31)16-32-34-28(19-7-3-2-4-8-19)33-24-12-11-21(30)15-22(24)29(34)36/h5-6,9-16,19H,2-4,7-8,17H2,1H3. The van der Waals surface area contributed by atoms with E-state index in [0.717, 1.165) is 36.6 Å². The quantitative estimate of drug-likeness (QED) is 0.125. The highest BCUT2D eigenvalue weighted by atomic mass is 79.9. The highest BCUT2D eigenvalue weighted by molar-refractivity contribution is 9.10. The summed E-state index contributed by atoms with van der Waals surface area (Å²) in [4.78, 5) is 29.7. The van der Waals surface area contributed by atoms with Crippen LogP contribution in [-0.4, -0.2) is 27.9 Å². The maximum atomic E-state index is 14.1. The minimum atomic E-state index is -0.606. The number of fused-ring (bicyclic) bond motifs is 1. The molecule has 0 radical (unpaired) electrons. The van der Waals surface area contributed by atoms with Crippen molar-refractivity contribution in [1.82, 2.24) is 9.66 Å². The molecule has 1 fully saturated rings. The molecule has 1 heterocycles. The summed E-state index contributed by atoms with van der Waals surface area (Å²) in [5, 5.41) is 16.9. The number of nitro groups is 1. The second-order valence-corrected chi connectivity index (χ2v) is 10.5. The second-order valence-electron chi connectivity index (χ2n) is 9.54. The number of ether oxygens (including phenoxy) is 2. The van der Waals surface area contributed by atoms with Crippen LogP contribution in [0.15, 0.2) is 69.0 Å². The van der Waals surface area contributed by atoms with Gasteiger partial charge in [0, 0.05) is 27.6 Å². The zero-order chi connectivity index (χ0) is 28.2. The molecule has 0 aliphatic heterocycles. The summed E-state index contributed by atoms with van der Waals surface area (Å²) in [6, 6.07) is 14.2. The number of halogens is 2. The zero-order valence-corrected chi connectivity index (χ0v) is 23.3. The van der Waals surface area contributed by atoms with E-state index in [4.69, 9.17) is 14.5 Å². The van der Waals surface area contributed by atoms with Crippen LogP contribution in [0.5, 0.6) is 11.5 Å². The van der Waals surface area contributed by atoms with Crippen LogP contribution in [0.25, 0.3) is 10.9 Å². The van der Waals surface area contributed by atoms with Gasteiger partial charge in [0.05, 0.1) is 29.2 Å². The van der Waals surface area contributed by atoms with Crippen LogP contribution in [0, 0.1) is 15.9 Å². The molecule has 206 valence electrons. The van der Waals surface area contributed by atoms with Gasteiger partial charge < -0.3 is 9.47 Å². The number of nitrogens with zero attached hydrogens (tertiary/aromatic N) is 4. The molecule has 1 aromatic heterocycles. The molecule has 9 nitrogen and oxygen atoms in total. The Morgan fingerprint density at radius 1 is 1.18 bits per heavy atom. The van der Waals surface area contributed by atoms with Crippen molar-refractivity contribution >= 4 is 38.7 Å². The van der Waals surface area contributed by atoms with E-state index in [1.165, 1.54) is 42.3 Å². The van der Waals surface area contributed by atoms with Crippen LogP contribution in [0.1, 0.15) is 55.0 Å². The topological polar surface area (TPSA) is 109 Å². The number of benzene rings is 3. The van der Waals surface area contributed by atoms with E-state index in [2.05, 4.69) is 21.0 Å². The summed E-state index contributed by atoms with van der Waals surface area (Å²) in [5.74, 6) is 0.104. The van der Waals surface area contributed by atoms with E-state index >= 15 is 0 Å². The lowest BCUT2D eigenvalue weighted by Gasteiger charge is -2.22. The van der Waals surface area contributed by atoms with Gasteiger partial charge in [-0.2, -0.15) is 9.78 Å².